The molecule has 0 aromatic heterocycles. The number of carbonyl (C=O) groups is 1. The topological polar surface area (TPSA) is 74.8 Å². The summed E-state index contributed by atoms with van der Waals surface area (Å²) in [6.07, 6.45) is 2.55. The molecule has 1 aliphatic rings. The fourth-order valence-corrected chi connectivity index (χ4v) is 3.77. The quantitative estimate of drug-likeness (QED) is 0.284. The Balaban J connectivity index is 0.00000450. The Bertz CT molecular complexity index is 671. The highest BCUT2D eigenvalue weighted by Crippen LogP contribution is 2.33. The number of nitrogens with zero attached hydrogens (tertiary/aromatic N) is 1. The summed E-state index contributed by atoms with van der Waals surface area (Å²) < 4.78 is 6.09. The van der Waals surface area contributed by atoms with Crippen molar-refractivity contribution in [1.82, 2.24) is 16.0 Å². The van der Waals surface area contributed by atoms with E-state index in [1.54, 1.807) is 0 Å². The van der Waals surface area contributed by atoms with E-state index in [-0.39, 0.29) is 41.4 Å². The Labute approximate surface area is 199 Å². The third-order valence-corrected chi connectivity index (χ3v) is 5.15. The largest absolute Gasteiger partial charge is 0.377 e. The van der Waals surface area contributed by atoms with Gasteiger partial charge in [0.1, 0.15) is 0 Å². The van der Waals surface area contributed by atoms with Crippen molar-refractivity contribution in [3.63, 3.8) is 0 Å². The first-order valence-electron chi connectivity index (χ1n) is 10.9. The van der Waals surface area contributed by atoms with E-state index in [2.05, 4.69) is 43.6 Å². The van der Waals surface area contributed by atoms with Crippen LogP contribution in [0.15, 0.2) is 29.3 Å². The molecular weight excluding hydrogens is 491 g/mol. The van der Waals surface area contributed by atoms with E-state index in [0.717, 1.165) is 37.6 Å². The lowest BCUT2D eigenvalue weighted by molar-refractivity contribution is -0.0835. The van der Waals surface area contributed by atoms with Gasteiger partial charge in [-0.1, -0.05) is 32.9 Å². The van der Waals surface area contributed by atoms with Crippen LogP contribution >= 0.6 is 24.0 Å². The van der Waals surface area contributed by atoms with Gasteiger partial charge in [-0.2, -0.15) is 0 Å². The zero-order chi connectivity index (χ0) is 21.3. The second kappa shape index (κ2) is 13.1. The molecule has 1 saturated heterocycles. The summed E-state index contributed by atoms with van der Waals surface area (Å²) in [5.41, 5.74) is 1.88. The van der Waals surface area contributed by atoms with Crippen molar-refractivity contribution >= 4 is 35.8 Å². The molecule has 2 unspecified atom stereocenters. The third kappa shape index (κ3) is 8.41. The van der Waals surface area contributed by atoms with Gasteiger partial charge < -0.3 is 20.7 Å². The van der Waals surface area contributed by atoms with Gasteiger partial charge >= 0.3 is 0 Å². The van der Waals surface area contributed by atoms with Gasteiger partial charge in [0.25, 0.3) is 5.91 Å². The van der Waals surface area contributed by atoms with E-state index >= 15 is 0 Å². The molecule has 1 aromatic rings. The lowest BCUT2D eigenvalue weighted by atomic mass is 9.78. The molecule has 1 heterocycles. The van der Waals surface area contributed by atoms with E-state index in [9.17, 15) is 4.79 Å². The average molecular weight is 530 g/mol. The number of carbonyl (C=O) groups excluding carboxylic acids is 1. The minimum atomic E-state index is -0.0411. The van der Waals surface area contributed by atoms with Gasteiger partial charge in [0.15, 0.2) is 5.96 Å². The zero-order valence-electron chi connectivity index (χ0n) is 19.1. The molecule has 1 amide bonds. The first-order chi connectivity index (χ1) is 13.8. The molecular formula is C23H39IN4O2. The Morgan fingerprint density at radius 1 is 1.10 bits per heavy atom. The molecule has 0 saturated carbocycles. The smallest absolute Gasteiger partial charge is 0.251 e. The fourth-order valence-electron chi connectivity index (χ4n) is 3.77. The van der Waals surface area contributed by atoms with Gasteiger partial charge in [-0.05, 0) is 49.8 Å². The van der Waals surface area contributed by atoms with Crippen molar-refractivity contribution in [3.05, 3.63) is 35.4 Å². The third-order valence-electron chi connectivity index (χ3n) is 5.15. The molecule has 30 heavy (non-hydrogen) atoms. The Kier molecular flexibility index (Phi) is 11.7. The van der Waals surface area contributed by atoms with Crippen LogP contribution in [0.25, 0.3) is 0 Å². The number of rotatable bonds is 7. The second-order valence-corrected chi connectivity index (χ2v) is 8.69. The van der Waals surface area contributed by atoms with Crippen molar-refractivity contribution in [2.75, 3.05) is 26.2 Å². The van der Waals surface area contributed by atoms with E-state index in [1.165, 1.54) is 6.42 Å². The average Bonchev–Trinajstić information content (AvgIpc) is 2.70. The molecule has 3 N–H and O–H groups in total. The standard InChI is InChI=1S/C23H38N4O2.HI/c1-6-24-21(28)18-12-10-17(11-13-18)15-26-22(25-7-2)27-16-19-9-8-14-29-20(19)23(3,4)5;/h10-13,19-20H,6-9,14-16H2,1-5H3,(H,24,28)(H2,25,26,27);1H. The molecule has 0 radical (unpaired) electrons. The minimum absolute atomic E-state index is 0. The maximum atomic E-state index is 11.9. The first kappa shape index (κ1) is 26.7. The van der Waals surface area contributed by atoms with Crippen LogP contribution in [0.2, 0.25) is 0 Å². The number of ether oxygens (including phenoxy) is 1. The number of aliphatic imine (C=N–C) groups is 1. The molecule has 0 spiro atoms. The summed E-state index contributed by atoms with van der Waals surface area (Å²) in [7, 11) is 0. The summed E-state index contributed by atoms with van der Waals surface area (Å²) >= 11 is 0. The van der Waals surface area contributed by atoms with Crippen molar-refractivity contribution < 1.29 is 9.53 Å². The van der Waals surface area contributed by atoms with Crippen LogP contribution in [0.3, 0.4) is 0 Å². The highest BCUT2D eigenvalue weighted by Gasteiger charge is 2.35. The van der Waals surface area contributed by atoms with Crippen molar-refractivity contribution in [2.45, 2.75) is 60.1 Å². The van der Waals surface area contributed by atoms with Crippen LogP contribution in [-0.2, 0) is 11.3 Å². The van der Waals surface area contributed by atoms with Crippen molar-refractivity contribution in [1.29, 1.82) is 0 Å². The lowest BCUT2D eigenvalue weighted by Gasteiger charge is -2.40. The van der Waals surface area contributed by atoms with E-state index in [1.807, 2.05) is 31.2 Å². The number of benzene rings is 1. The van der Waals surface area contributed by atoms with E-state index in [4.69, 9.17) is 9.73 Å². The predicted octanol–water partition coefficient (Wildman–Crippen LogP) is 3.95. The fraction of sp³-hybridized carbons (Fsp3) is 0.652. The number of amides is 1. The van der Waals surface area contributed by atoms with Gasteiger partial charge in [0.2, 0.25) is 0 Å². The van der Waals surface area contributed by atoms with Gasteiger partial charge in [-0.15, -0.1) is 24.0 Å². The van der Waals surface area contributed by atoms with Crippen LogP contribution in [0.1, 0.15) is 63.4 Å². The molecule has 1 aromatic carbocycles. The van der Waals surface area contributed by atoms with Crippen LogP contribution in [0.5, 0.6) is 0 Å². The lowest BCUT2D eigenvalue weighted by Crippen LogP contribution is -2.47. The highest BCUT2D eigenvalue weighted by atomic mass is 127. The maximum Gasteiger partial charge on any atom is 0.251 e. The highest BCUT2D eigenvalue weighted by molar-refractivity contribution is 14.0. The molecule has 6 nitrogen and oxygen atoms in total. The number of guanidine groups is 1. The van der Waals surface area contributed by atoms with Gasteiger partial charge in [-0.3, -0.25) is 4.79 Å². The predicted molar refractivity (Wildman–Crippen MR) is 135 cm³/mol. The van der Waals surface area contributed by atoms with E-state index in [0.29, 0.717) is 24.6 Å². The molecule has 2 rings (SSSR count). The Morgan fingerprint density at radius 3 is 2.37 bits per heavy atom. The molecule has 170 valence electrons. The minimum Gasteiger partial charge on any atom is -0.377 e. The van der Waals surface area contributed by atoms with Crippen LogP contribution in [-0.4, -0.2) is 44.2 Å². The summed E-state index contributed by atoms with van der Waals surface area (Å²) in [5, 5.41) is 9.64. The Hall–Kier alpha value is -1.35. The number of hydrogen-bond donors (Lipinski definition) is 3. The van der Waals surface area contributed by atoms with E-state index < -0.39 is 0 Å². The SMILES string of the molecule is CCNC(=O)c1ccc(CN=C(NCC)NCC2CCCOC2C(C)(C)C)cc1.I. The zero-order valence-corrected chi connectivity index (χ0v) is 21.4. The molecule has 1 aliphatic heterocycles. The summed E-state index contributed by atoms with van der Waals surface area (Å²) in [4.78, 5) is 16.6. The van der Waals surface area contributed by atoms with Gasteiger partial charge in [0.05, 0.1) is 12.6 Å². The first-order valence-corrected chi connectivity index (χ1v) is 10.9. The summed E-state index contributed by atoms with van der Waals surface area (Å²) in [6.45, 7) is 14.5. The monoisotopic (exact) mass is 530 g/mol. The van der Waals surface area contributed by atoms with Crippen molar-refractivity contribution in [3.8, 4) is 0 Å². The molecule has 7 heteroatoms. The Morgan fingerprint density at radius 2 is 1.77 bits per heavy atom. The van der Waals surface area contributed by atoms with Crippen LogP contribution in [0, 0.1) is 11.3 Å². The molecule has 2 atom stereocenters. The number of nitrogens with one attached hydrogen (secondary N) is 3. The van der Waals surface area contributed by atoms with Gasteiger partial charge in [-0.25, -0.2) is 4.99 Å². The number of hydrogen-bond acceptors (Lipinski definition) is 3. The summed E-state index contributed by atoms with van der Waals surface area (Å²) in [5.74, 6) is 1.25. The normalized spacial score (nSPS) is 19.6. The molecule has 1 fully saturated rings. The van der Waals surface area contributed by atoms with Crippen molar-refractivity contribution in [2.24, 2.45) is 16.3 Å². The van der Waals surface area contributed by atoms with Gasteiger partial charge in [0, 0.05) is 37.7 Å². The van der Waals surface area contributed by atoms with Crippen LogP contribution < -0.4 is 16.0 Å². The second-order valence-electron chi connectivity index (χ2n) is 8.69. The molecule has 0 aliphatic carbocycles. The molecule has 0 bridgehead atoms. The maximum absolute atomic E-state index is 11.9. The van der Waals surface area contributed by atoms with Crippen LogP contribution in [0.4, 0.5) is 0 Å². The number of halogens is 1. The summed E-state index contributed by atoms with van der Waals surface area (Å²) in [6, 6.07) is 7.62.